The van der Waals surface area contributed by atoms with Gasteiger partial charge in [0.1, 0.15) is 5.75 Å². The average molecular weight is 293 g/mol. The van der Waals surface area contributed by atoms with Gasteiger partial charge in [-0.3, -0.25) is 0 Å². The summed E-state index contributed by atoms with van der Waals surface area (Å²) in [5.74, 6) is 8.03. The molecule has 3 nitrogen and oxygen atoms in total. The Morgan fingerprint density at radius 2 is 2.20 bits per heavy atom. The summed E-state index contributed by atoms with van der Waals surface area (Å²) in [7, 11) is 3.80. The maximum absolute atomic E-state index is 8.75. The summed E-state index contributed by atoms with van der Waals surface area (Å²) >= 11 is 1.85. The summed E-state index contributed by atoms with van der Waals surface area (Å²) in [4.78, 5) is 2.28. The molecule has 1 aromatic rings. The molecule has 0 radical (unpaired) electrons. The van der Waals surface area contributed by atoms with Gasteiger partial charge < -0.3 is 14.7 Å². The molecular formula is C16H23NO2S. The molecule has 0 aliphatic rings. The van der Waals surface area contributed by atoms with E-state index in [1.165, 1.54) is 0 Å². The smallest absolute Gasteiger partial charge is 0.123 e. The second-order valence-electron chi connectivity index (χ2n) is 4.53. The molecular weight excluding hydrogens is 270 g/mol. The third kappa shape index (κ3) is 5.87. The lowest BCUT2D eigenvalue weighted by atomic mass is 10.1. The fourth-order valence-corrected chi connectivity index (χ4v) is 2.31. The highest BCUT2D eigenvalue weighted by atomic mass is 32.2. The Labute approximate surface area is 126 Å². The molecule has 0 fully saturated rings. The minimum Gasteiger partial charge on any atom is -0.496 e. The Balaban J connectivity index is 2.81. The van der Waals surface area contributed by atoms with E-state index in [0.29, 0.717) is 6.42 Å². The summed E-state index contributed by atoms with van der Waals surface area (Å²) < 4.78 is 5.41. The summed E-state index contributed by atoms with van der Waals surface area (Å²) in [6, 6.07) is 5.98. The van der Waals surface area contributed by atoms with Gasteiger partial charge in [0.2, 0.25) is 0 Å². The van der Waals surface area contributed by atoms with Gasteiger partial charge in [-0.2, -0.15) is 11.8 Å². The fourth-order valence-electron chi connectivity index (χ4n) is 1.82. The van der Waals surface area contributed by atoms with Gasteiger partial charge in [0, 0.05) is 36.4 Å². The number of rotatable bonds is 7. The lowest BCUT2D eigenvalue weighted by molar-refractivity contribution is 0.305. The Bertz CT molecular complexity index is 465. The molecule has 0 spiro atoms. The maximum atomic E-state index is 8.75. The van der Waals surface area contributed by atoms with Crippen LogP contribution in [0.15, 0.2) is 18.2 Å². The maximum Gasteiger partial charge on any atom is 0.123 e. The van der Waals surface area contributed by atoms with Crippen molar-refractivity contribution in [2.24, 2.45) is 0 Å². The number of aliphatic hydroxyl groups is 1. The highest BCUT2D eigenvalue weighted by Gasteiger charge is 2.07. The number of nitrogens with zero attached hydrogens (tertiary/aromatic N) is 1. The van der Waals surface area contributed by atoms with Crippen LogP contribution in [0.4, 0.5) is 0 Å². The van der Waals surface area contributed by atoms with Gasteiger partial charge in [-0.05, 0) is 31.5 Å². The van der Waals surface area contributed by atoms with Gasteiger partial charge >= 0.3 is 0 Å². The summed E-state index contributed by atoms with van der Waals surface area (Å²) in [5.41, 5.74) is 2.11. The van der Waals surface area contributed by atoms with E-state index in [-0.39, 0.29) is 6.61 Å². The standard InChI is InChI=1S/C16H23NO2S/c1-17(9-11-20-3)13-15-12-14(6-4-5-10-18)7-8-16(15)19-2/h7-8,12,18H,5,9-11,13H2,1-3H3. The molecule has 0 bridgehead atoms. The van der Waals surface area contributed by atoms with Crippen LogP contribution in [-0.4, -0.2) is 49.3 Å². The normalized spacial score (nSPS) is 10.2. The van der Waals surface area contributed by atoms with Crippen molar-refractivity contribution < 1.29 is 9.84 Å². The topological polar surface area (TPSA) is 32.7 Å². The first-order valence-corrected chi connectivity index (χ1v) is 8.04. The van der Waals surface area contributed by atoms with Gasteiger partial charge in [0.15, 0.2) is 0 Å². The third-order valence-corrected chi connectivity index (χ3v) is 3.46. The van der Waals surface area contributed by atoms with Gasteiger partial charge in [0.05, 0.1) is 13.7 Å². The summed E-state index contributed by atoms with van der Waals surface area (Å²) in [6.07, 6.45) is 2.63. The average Bonchev–Trinajstić information content (AvgIpc) is 2.46. The van der Waals surface area contributed by atoms with E-state index in [0.717, 1.165) is 35.7 Å². The highest BCUT2D eigenvalue weighted by molar-refractivity contribution is 7.98. The monoisotopic (exact) mass is 293 g/mol. The van der Waals surface area contributed by atoms with Gasteiger partial charge in [-0.15, -0.1) is 0 Å². The number of aliphatic hydroxyl groups excluding tert-OH is 1. The molecule has 1 rings (SSSR count). The quantitative estimate of drug-likeness (QED) is 0.782. The van der Waals surface area contributed by atoms with Crippen LogP contribution in [0.5, 0.6) is 5.75 Å². The second kappa shape index (κ2) is 9.71. The van der Waals surface area contributed by atoms with E-state index in [9.17, 15) is 0 Å². The first-order valence-electron chi connectivity index (χ1n) is 6.65. The van der Waals surface area contributed by atoms with Crippen LogP contribution in [0.1, 0.15) is 17.5 Å². The molecule has 0 heterocycles. The molecule has 1 aromatic carbocycles. The van der Waals surface area contributed by atoms with Crippen molar-refractivity contribution in [3.05, 3.63) is 29.3 Å². The fraction of sp³-hybridized carbons (Fsp3) is 0.500. The number of thioether (sulfide) groups is 1. The highest BCUT2D eigenvalue weighted by Crippen LogP contribution is 2.21. The van der Waals surface area contributed by atoms with E-state index in [2.05, 4.69) is 36.1 Å². The van der Waals surface area contributed by atoms with Crippen molar-refractivity contribution in [3.63, 3.8) is 0 Å². The molecule has 20 heavy (non-hydrogen) atoms. The molecule has 0 saturated heterocycles. The zero-order valence-electron chi connectivity index (χ0n) is 12.5. The first kappa shape index (κ1) is 16.9. The second-order valence-corrected chi connectivity index (χ2v) is 5.52. The van der Waals surface area contributed by atoms with Gasteiger partial charge in [0.25, 0.3) is 0 Å². The Kier molecular flexibility index (Phi) is 8.20. The molecule has 0 amide bonds. The number of hydrogen-bond acceptors (Lipinski definition) is 4. The minimum absolute atomic E-state index is 0.105. The summed E-state index contributed by atoms with van der Waals surface area (Å²) in [5, 5.41) is 8.75. The SMILES string of the molecule is COc1ccc(C#CCCO)cc1CN(C)CCSC. The van der Waals surface area contributed by atoms with Crippen molar-refractivity contribution in [1.82, 2.24) is 4.90 Å². The van der Waals surface area contributed by atoms with E-state index >= 15 is 0 Å². The predicted molar refractivity (Wildman–Crippen MR) is 86.3 cm³/mol. The number of benzene rings is 1. The van der Waals surface area contributed by atoms with Crippen LogP contribution in [-0.2, 0) is 6.54 Å². The molecule has 1 N–H and O–H groups in total. The Morgan fingerprint density at radius 1 is 1.40 bits per heavy atom. The van der Waals surface area contributed by atoms with E-state index < -0.39 is 0 Å². The van der Waals surface area contributed by atoms with Gasteiger partial charge in [-0.25, -0.2) is 0 Å². The molecule has 4 heteroatoms. The van der Waals surface area contributed by atoms with Crippen LogP contribution >= 0.6 is 11.8 Å². The lowest BCUT2D eigenvalue weighted by Crippen LogP contribution is -2.21. The van der Waals surface area contributed by atoms with Crippen LogP contribution in [0.25, 0.3) is 0 Å². The number of hydrogen-bond donors (Lipinski definition) is 1. The van der Waals surface area contributed by atoms with E-state index in [4.69, 9.17) is 9.84 Å². The number of methoxy groups -OCH3 is 1. The molecule has 0 aliphatic carbocycles. The van der Waals surface area contributed by atoms with Crippen LogP contribution in [0.3, 0.4) is 0 Å². The van der Waals surface area contributed by atoms with Crippen molar-refractivity contribution in [2.75, 3.05) is 39.3 Å². The molecule has 0 unspecified atom stereocenters. The van der Waals surface area contributed by atoms with Crippen molar-refractivity contribution in [2.45, 2.75) is 13.0 Å². The van der Waals surface area contributed by atoms with E-state index in [1.807, 2.05) is 23.9 Å². The van der Waals surface area contributed by atoms with Crippen LogP contribution in [0.2, 0.25) is 0 Å². The summed E-state index contributed by atoms with van der Waals surface area (Å²) in [6.45, 7) is 2.00. The third-order valence-electron chi connectivity index (χ3n) is 2.87. The number of ether oxygens (including phenoxy) is 1. The zero-order valence-corrected chi connectivity index (χ0v) is 13.3. The molecule has 0 atom stereocenters. The lowest BCUT2D eigenvalue weighted by Gasteiger charge is -2.18. The molecule has 0 saturated carbocycles. The van der Waals surface area contributed by atoms with Crippen molar-refractivity contribution in [1.29, 1.82) is 0 Å². The molecule has 110 valence electrons. The van der Waals surface area contributed by atoms with E-state index in [1.54, 1.807) is 7.11 Å². The zero-order chi connectivity index (χ0) is 14.8. The van der Waals surface area contributed by atoms with Crippen LogP contribution < -0.4 is 4.74 Å². The largest absolute Gasteiger partial charge is 0.496 e. The van der Waals surface area contributed by atoms with Crippen molar-refractivity contribution >= 4 is 11.8 Å². The predicted octanol–water partition coefficient (Wildman–Crippen LogP) is 2.22. The minimum atomic E-state index is 0.105. The Morgan fingerprint density at radius 3 is 2.85 bits per heavy atom. The Hall–Kier alpha value is -1.15. The molecule has 0 aromatic heterocycles. The molecule has 0 aliphatic heterocycles. The van der Waals surface area contributed by atoms with Crippen molar-refractivity contribution in [3.8, 4) is 17.6 Å². The first-order chi connectivity index (χ1) is 9.71. The van der Waals surface area contributed by atoms with Gasteiger partial charge in [-0.1, -0.05) is 11.8 Å². The van der Waals surface area contributed by atoms with Crippen LogP contribution in [0, 0.1) is 11.8 Å².